The quantitative estimate of drug-likeness (QED) is 0.806. The number of ether oxygens (including phenoxy) is 1. The number of hydrogen-bond acceptors (Lipinski definition) is 6. The maximum atomic E-state index is 12.4. The number of carbonyl (C=O) groups excluding carboxylic acids is 1. The minimum Gasteiger partial charge on any atom is -0.488 e. The number of amides is 1. The first-order valence-corrected chi connectivity index (χ1v) is 8.33. The third kappa shape index (κ3) is 4.51. The monoisotopic (exact) mass is 366 g/mol. The zero-order chi connectivity index (χ0) is 18.5. The van der Waals surface area contributed by atoms with Crippen LogP contribution in [0.15, 0.2) is 18.3 Å². The summed E-state index contributed by atoms with van der Waals surface area (Å²) in [5.41, 5.74) is 0.0446. The van der Waals surface area contributed by atoms with E-state index < -0.39 is 18.9 Å². The van der Waals surface area contributed by atoms with Gasteiger partial charge < -0.3 is 10.1 Å². The van der Waals surface area contributed by atoms with Crippen molar-refractivity contribution in [2.75, 3.05) is 25.0 Å². The van der Waals surface area contributed by atoms with Gasteiger partial charge in [0.25, 0.3) is 12.3 Å². The fraction of sp³-hybridized carbons (Fsp3) is 0.500. The van der Waals surface area contributed by atoms with Crippen molar-refractivity contribution in [3.63, 3.8) is 0 Å². The normalized spacial score (nSPS) is 15.2. The van der Waals surface area contributed by atoms with E-state index in [0.29, 0.717) is 11.8 Å². The van der Waals surface area contributed by atoms with Gasteiger partial charge in [0.15, 0.2) is 5.82 Å². The van der Waals surface area contributed by atoms with E-state index in [1.165, 1.54) is 23.0 Å². The largest absolute Gasteiger partial charge is 0.488 e. The molecule has 2 aromatic rings. The molecule has 0 spiro atoms. The Labute approximate surface area is 149 Å². The Kier molecular flexibility index (Phi) is 5.71. The molecule has 3 heterocycles. The van der Waals surface area contributed by atoms with Gasteiger partial charge in [-0.1, -0.05) is 0 Å². The van der Waals surface area contributed by atoms with Crippen LogP contribution >= 0.6 is 0 Å². The van der Waals surface area contributed by atoms with Gasteiger partial charge in [0, 0.05) is 25.2 Å². The number of alkyl halides is 2. The van der Waals surface area contributed by atoms with Gasteiger partial charge in [-0.2, -0.15) is 10.1 Å². The smallest absolute Gasteiger partial charge is 0.276 e. The molecule has 0 saturated carbocycles. The lowest BCUT2D eigenvalue weighted by Crippen LogP contribution is -2.27. The van der Waals surface area contributed by atoms with E-state index in [0.717, 1.165) is 25.9 Å². The van der Waals surface area contributed by atoms with Gasteiger partial charge in [0.1, 0.15) is 18.1 Å². The van der Waals surface area contributed by atoms with Gasteiger partial charge in [-0.05, 0) is 32.0 Å². The molecule has 3 rings (SSSR count). The van der Waals surface area contributed by atoms with Crippen molar-refractivity contribution in [3.8, 4) is 5.75 Å². The molecule has 1 aliphatic heterocycles. The highest BCUT2D eigenvalue weighted by Gasteiger charge is 2.22. The molecule has 0 bridgehead atoms. The summed E-state index contributed by atoms with van der Waals surface area (Å²) in [7, 11) is 1.70. The Morgan fingerprint density at radius 1 is 1.46 bits per heavy atom. The van der Waals surface area contributed by atoms with Crippen LogP contribution in [0.1, 0.15) is 35.1 Å². The van der Waals surface area contributed by atoms with E-state index in [9.17, 15) is 13.6 Å². The van der Waals surface area contributed by atoms with E-state index in [4.69, 9.17) is 4.74 Å². The average Bonchev–Trinajstić information content (AvgIpc) is 3.01. The number of carbonyl (C=O) groups is 1. The Morgan fingerprint density at radius 3 is 2.96 bits per heavy atom. The third-order valence-electron chi connectivity index (χ3n) is 4.05. The number of nitrogens with zero attached hydrogens (tertiary/aromatic N) is 4. The van der Waals surface area contributed by atoms with Gasteiger partial charge in [-0.25, -0.2) is 13.5 Å². The molecule has 10 heteroatoms. The van der Waals surface area contributed by atoms with Crippen molar-refractivity contribution < 1.29 is 18.3 Å². The van der Waals surface area contributed by atoms with Crippen LogP contribution in [0, 0.1) is 0 Å². The summed E-state index contributed by atoms with van der Waals surface area (Å²) >= 11 is 0. The predicted octanol–water partition coefficient (Wildman–Crippen LogP) is 1.57. The zero-order valence-corrected chi connectivity index (χ0v) is 14.3. The summed E-state index contributed by atoms with van der Waals surface area (Å²) in [6.45, 7) is 1.09. The molecule has 0 radical (unpaired) electrons. The lowest BCUT2D eigenvalue weighted by atomic mass is 9.98. The van der Waals surface area contributed by atoms with Gasteiger partial charge >= 0.3 is 0 Å². The number of nitrogens with one attached hydrogen (secondary N) is 2. The summed E-state index contributed by atoms with van der Waals surface area (Å²) < 4.78 is 30.9. The number of rotatable bonds is 6. The highest BCUT2D eigenvalue weighted by molar-refractivity contribution is 6.02. The molecule has 140 valence electrons. The highest BCUT2D eigenvalue weighted by atomic mass is 19.3. The van der Waals surface area contributed by atoms with Gasteiger partial charge in [0.2, 0.25) is 5.95 Å². The van der Waals surface area contributed by atoms with E-state index in [2.05, 4.69) is 25.7 Å². The minimum absolute atomic E-state index is 0.0446. The predicted molar refractivity (Wildman–Crippen MR) is 89.5 cm³/mol. The maximum Gasteiger partial charge on any atom is 0.276 e. The molecule has 0 aliphatic carbocycles. The molecule has 1 fully saturated rings. The average molecular weight is 366 g/mol. The number of aryl methyl sites for hydroxylation is 1. The van der Waals surface area contributed by atoms with E-state index >= 15 is 0 Å². The highest BCUT2D eigenvalue weighted by Crippen LogP contribution is 2.23. The summed E-state index contributed by atoms with van der Waals surface area (Å²) in [4.78, 5) is 20.7. The molecule has 8 nitrogen and oxygen atoms in total. The second kappa shape index (κ2) is 8.17. The van der Waals surface area contributed by atoms with Crippen molar-refractivity contribution in [2.45, 2.75) is 25.2 Å². The van der Waals surface area contributed by atoms with Crippen LogP contribution in [-0.4, -0.2) is 51.8 Å². The number of anilines is 1. The first-order valence-electron chi connectivity index (χ1n) is 8.33. The molecule has 0 aromatic carbocycles. The molecular formula is C16H20F2N6O2. The Morgan fingerprint density at radius 2 is 2.23 bits per heavy atom. The van der Waals surface area contributed by atoms with Crippen molar-refractivity contribution in [2.24, 2.45) is 7.05 Å². The first-order chi connectivity index (χ1) is 12.5. The standard InChI is InChI=1S/C16H20F2N6O2/c1-24-16(21-14(23-24)10-2-5-19-6-3-10)22-15(25)12-8-11(4-7-20-12)26-9-13(17)18/h4,7-8,10,13,19H,2-3,5-6,9H2,1H3,(H,21,22,23,25). The van der Waals surface area contributed by atoms with Crippen LogP contribution in [0.4, 0.5) is 14.7 Å². The zero-order valence-electron chi connectivity index (χ0n) is 14.3. The maximum absolute atomic E-state index is 12.4. The molecule has 2 N–H and O–H groups in total. The second-order valence-electron chi connectivity index (χ2n) is 5.97. The molecule has 2 aromatic heterocycles. The number of piperidine rings is 1. The molecule has 0 atom stereocenters. The first kappa shape index (κ1) is 18.2. The Balaban J connectivity index is 1.68. The van der Waals surface area contributed by atoms with Gasteiger partial charge in [-0.3, -0.25) is 15.1 Å². The summed E-state index contributed by atoms with van der Waals surface area (Å²) in [5.74, 6) is 0.909. The van der Waals surface area contributed by atoms with Crippen LogP contribution in [0.3, 0.4) is 0 Å². The van der Waals surface area contributed by atoms with E-state index in [1.807, 2.05) is 0 Å². The van der Waals surface area contributed by atoms with Crippen LogP contribution in [0.25, 0.3) is 0 Å². The molecule has 1 saturated heterocycles. The Bertz CT molecular complexity index is 761. The second-order valence-corrected chi connectivity index (χ2v) is 5.97. The van der Waals surface area contributed by atoms with E-state index in [1.54, 1.807) is 7.05 Å². The summed E-state index contributed by atoms with van der Waals surface area (Å²) in [5, 5.41) is 10.3. The SMILES string of the molecule is Cn1nc(C2CCNCC2)nc1NC(=O)c1cc(OCC(F)F)ccn1. The molecular weight excluding hydrogens is 346 g/mol. The third-order valence-corrected chi connectivity index (χ3v) is 4.05. The lowest BCUT2D eigenvalue weighted by Gasteiger charge is -2.19. The van der Waals surface area contributed by atoms with Gasteiger partial charge in [0.05, 0.1) is 0 Å². The van der Waals surface area contributed by atoms with Crippen molar-refractivity contribution >= 4 is 11.9 Å². The van der Waals surface area contributed by atoms with Gasteiger partial charge in [-0.15, -0.1) is 0 Å². The summed E-state index contributed by atoms with van der Waals surface area (Å²) in [6.07, 6.45) is 0.630. The van der Waals surface area contributed by atoms with Crippen molar-refractivity contribution in [1.29, 1.82) is 0 Å². The molecule has 1 amide bonds. The van der Waals surface area contributed by atoms with Crippen LogP contribution < -0.4 is 15.4 Å². The molecule has 1 aliphatic rings. The molecule has 0 unspecified atom stereocenters. The number of pyridine rings is 1. The number of hydrogen-bond donors (Lipinski definition) is 2. The fourth-order valence-electron chi connectivity index (χ4n) is 2.72. The van der Waals surface area contributed by atoms with Crippen molar-refractivity contribution in [3.05, 3.63) is 29.8 Å². The van der Waals surface area contributed by atoms with Crippen molar-refractivity contribution in [1.82, 2.24) is 25.1 Å². The fourth-order valence-corrected chi connectivity index (χ4v) is 2.72. The number of halogens is 2. The minimum atomic E-state index is -2.59. The lowest BCUT2D eigenvalue weighted by molar-refractivity contribution is 0.0818. The van der Waals surface area contributed by atoms with Crippen LogP contribution in [-0.2, 0) is 7.05 Å². The molecule has 26 heavy (non-hydrogen) atoms. The Hall–Kier alpha value is -2.62. The van der Waals surface area contributed by atoms with Crippen LogP contribution in [0.2, 0.25) is 0 Å². The van der Waals surface area contributed by atoms with E-state index in [-0.39, 0.29) is 17.4 Å². The number of aromatic nitrogens is 4. The summed E-state index contributed by atoms with van der Waals surface area (Å²) in [6, 6.07) is 2.72. The van der Waals surface area contributed by atoms with Crippen LogP contribution in [0.5, 0.6) is 5.75 Å². The topological polar surface area (TPSA) is 94.0 Å².